The highest BCUT2D eigenvalue weighted by atomic mass is 79.9. The summed E-state index contributed by atoms with van der Waals surface area (Å²) in [5, 5.41) is 0. The topological polar surface area (TPSA) is 60.2 Å². The monoisotopic (exact) mass is 267 g/mol. The van der Waals surface area contributed by atoms with E-state index >= 15 is 0 Å². The molecule has 3 nitrogen and oxygen atoms in total. The summed E-state index contributed by atoms with van der Waals surface area (Å²) < 4.78 is 35.2. The SMILES string of the molecule is CS(=O)(=O)c1cc(F)c(Br)cc1N. The Morgan fingerprint density at radius 1 is 1.46 bits per heavy atom. The number of rotatable bonds is 1. The molecule has 2 N–H and O–H groups in total. The van der Waals surface area contributed by atoms with Gasteiger partial charge in [0.15, 0.2) is 9.84 Å². The lowest BCUT2D eigenvalue weighted by molar-refractivity contribution is 0.595. The van der Waals surface area contributed by atoms with E-state index in [2.05, 4.69) is 15.9 Å². The third-order valence-electron chi connectivity index (χ3n) is 1.45. The summed E-state index contributed by atoms with van der Waals surface area (Å²) in [4.78, 5) is -0.187. The van der Waals surface area contributed by atoms with Crippen LogP contribution in [0.2, 0.25) is 0 Å². The van der Waals surface area contributed by atoms with Crippen LogP contribution < -0.4 is 5.73 Å². The maximum Gasteiger partial charge on any atom is 0.177 e. The van der Waals surface area contributed by atoms with Crippen molar-refractivity contribution >= 4 is 31.5 Å². The summed E-state index contributed by atoms with van der Waals surface area (Å²) >= 11 is 2.90. The third kappa shape index (κ3) is 2.19. The van der Waals surface area contributed by atoms with E-state index in [0.29, 0.717) is 0 Å². The number of hydrogen-bond acceptors (Lipinski definition) is 3. The maximum atomic E-state index is 12.9. The van der Waals surface area contributed by atoms with Crippen LogP contribution in [0.4, 0.5) is 10.1 Å². The van der Waals surface area contributed by atoms with Crippen LogP contribution in [0.25, 0.3) is 0 Å². The van der Waals surface area contributed by atoms with Gasteiger partial charge in [-0.15, -0.1) is 0 Å². The molecule has 0 saturated carbocycles. The molecule has 0 aliphatic carbocycles. The Labute approximate surface area is 83.8 Å². The van der Waals surface area contributed by atoms with Gasteiger partial charge < -0.3 is 5.73 Å². The van der Waals surface area contributed by atoms with Crippen LogP contribution >= 0.6 is 15.9 Å². The minimum atomic E-state index is -3.46. The molecule has 0 radical (unpaired) electrons. The molecule has 0 heterocycles. The Morgan fingerprint density at radius 2 is 2.00 bits per heavy atom. The van der Waals surface area contributed by atoms with Gasteiger partial charge in [-0.25, -0.2) is 12.8 Å². The summed E-state index contributed by atoms with van der Waals surface area (Å²) in [7, 11) is -3.46. The number of nitrogen functional groups attached to an aromatic ring is 1. The molecule has 0 atom stereocenters. The molecule has 0 aliphatic rings. The Morgan fingerprint density at radius 3 is 2.46 bits per heavy atom. The average Bonchev–Trinajstić information content (AvgIpc) is 1.94. The molecule has 0 aromatic heterocycles. The van der Waals surface area contributed by atoms with Gasteiger partial charge in [0.25, 0.3) is 0 Å². The van der Waals surface area contributed by atoms with E-state index < -0.39 is 15.7 Å². The van der Waals surface area contributed by atoms with Crippen molar-refractivity contribution < 1.29 is 12.8 Å². The van der Waals surface area contributed by atoms with Crippen molar-refractivity contribution in [2.24, 2.45) is 0 Å². The van der Waals surface area contributed by atoms with Gasteiger partial charge in [0.05, 0.1) is 15.1 Å². The number of nitrogens with two attached hydrogens (primary N) is 1. The fourth-order valence-electron chi connectivity index (χ4n) is 0.865. The molecule has 0 unspecified atom stereocenters. The maximum absolute atomic E-state index is 12.9. The minimum Gasteiger partial charge on any atom is -0.398 e. The number of hydrogen-bond donors (Lipinski definition) is 1. The molecular weight excluding hydrogens is 261 g/mol. The first-order valence-corrected chi connectivity index (χ1v) is 5.95. The van der Waals surface area contributed by atoms with E-state index in [1.807, 2.05) is 0 Å². The number of anilines is 1. The minimum absolute atomic E-state index is 0.0378. The molecule has 72 valence electrons. The number of halogens is 2. The molecule has 0 amide bonds. The average molecular weight is 268 g/mol. The zero-order valence-electron chi connectivity index (χ0n) is 6.71. The summed E-state index contributed by atoms with van der Waals surface area (Å²) in [5.41, 5.74) is 5.44. The smallest absolute Gasteiger partial charge is 0.177 e. The van der Waals surface area contributed by atoms with Crippen molar-refractivity contribution in [3.63, 3.8) is 0 Å². The lowest BCUT2D eigenvalue weighted by Gasteiger charge is -2.04. The van der Waals surface area contributed by atoms with Crippen molar-refractivity contribution in [1.82, 2.24) is 0 Å². The second-order valence-corrected chi connectivity index (χ2v) is 5.41. The first kappa shape index (κ1) is 10.5. The zero-order valence-corrected chi connectivity index (χ0v) is 9.12. The van der Waals surface area contributed by atoms with Crippen LogP contribution in [0.15, 0.2) is 21.5 Å². The highest BCUT2D eigenvalue weighted by Crippen LogP contribution is 2.25. The Kier molecular flexibility index (Phi) is 2.63. The van der Waals surface area contributed by atoms with E-state index in [1.165, 1.54) is 6.07 Å². The van der Waals surface area contributed by atoms with Crippen molar-refractivity contribution in [2.45, 2.75) is 4.90 Å². The molecule has 0 bridgehead atoms. The van der Waals surface area contributed by atoms with Crippen LogP contribution in [-0.2, 0) is 9.84 Å². The second-order valence-electron chi connectivity index (χ2n) is 2.58. The van der Waals surface area contributed by atoms with Gasteiger partial charge in [0.2, 0.25) is 0 Å². The molecule has 6 heteroatoms. The van der Waals surface area contributed by atoms with Crippen LogP contribution in [0.1, 0.15) is 0 Å². The van der Waals surface area contributed by atoms with Crippen LogP contribution in [0.5, 0.6) is 0 Å². The highest BCUT2D eigenvalue weighted by Gasteiger charge is 2.14. The Hall–Kier alpha value is -0.620. The lowest BCUT2D eigenvalue weighted by atomic mass is 10.3. The van der Waals surface area contributed by atoms with Gasteiger partial charge in [0, 0.05) is 6.26 Å². The van der Waals surface area contributed by atoms with Crippen molar-refractivity contribution in [3.05, 3.63) is 22.4 Å². The summed E-state index contributed by atoms with van der Waals surface area (Å²) in [6.45, 7) is 0. The van der Waals surface area contributed by atoms with Gasteiger partial charge in [-0.1, -0.05) is 0 Å². The Bertz CT molecular complexity index is 444. The van der Waals surface area contributed by atoms with Gasteiger partial charge in [0.1, 0.15) is 5.82 Å². The van der Waals surface area contributed by atoms with Gasteiger partial charge in [-0.05, 0) is 28.1 Å². The van der Waals surface area contributed by atoms with E-state index in [4.69, 9.17) is 5.73 Å². The van der Waals surface area contributed by atoms with Crippen LogP contribution in [0, 0.1) is 5.82 Å². The normalized spacial score (nSPS) is 11.6. The fourth-order valence-corrected chi connectivity index (χ4v) is 2.03. The fraction of sp³-hybridized carbons (Fsp3) is 0.143. The van der Waals surface area contributed by atoms with Crippen molar-refractivity contribution in [2.75, 3.05) is 12.0 Å². The first-order valence-electron chi connectivity index (χ1n) is 3.27. The third-order valence-corrected chi connectivity index (χ3v) is 3.21. The quantitative estimate of drug-likeness (QED) is 0.786. The van der Waals surface area contributed by atoms with Crippen LogP contribution in [0.3, 0.4) is 0 Å². The van der Waals surface area contributed by atoms with E-state index in [9.17, 15) is 12.8 Å². The number of sulfone groups is 1. The first-order chi connectivity index (χ1) is 5.82. The molecule has 0 aliphatic heterocycles. The van der Waals surface area contributed by atoms with E-state index in [-0.39, 0.29) is 15.1 Å². The summed E-state index contributed by atoms with van der Waals surface area (Å²) in [5.74, 6) is -0.644. The highest BCUT2D eigenvalue weighted by molar-refractivity contribution is 9.10. The zero-order chi connectivity index (χ0) is 10.2. The standard InChI is InChI=1S/C7H7BrFNO2S/c1-13(11,12)7-3-5(9)4(8)2-6(7)10/h2-3H,10H2,1H3. The summed E-state index contributed by atoms with van der Waals surface area (Å²) in [6.07, 6.45) is 0.978. The summed E-state index contributed by atoms with van der Waals surface area (Å²) in [6, 6.07) is 2.13. The van der Waals surface area contributed by atoms with Crippen LogP contribution in [-0.4, -0.2) is 14.7 Å². The molecule has 1 aromatic rings. The van der Waals surface area contributed by atoms with Gasteiger partial charge >= 0.3 is 0 Å². The molecular formula is C7H7BrFNO2S. The van der Waals surface area contributed by atoms with Crippen molar-refractivity contribution in [3.8, 4) is 0 Å². The second kappa shape index (κ2) is 3.26. The van der Waals surface area contributed by atoms with Gasteiger partial charge in [-0.3, -0.25) is 0 Å². The van der Waals surface area contributed by atoms with Crippen molar-refractivity contribution in [1.29, 1.82) is 0 Å². The van der Waals surface area contributed by atoms with Gasteiger partial charge in [-0.2, -0.15) is 0 Å². The molecule has 1 rings (SSSR count). The molecule has 0 fully saturated rings. The number of benzene rings is 1. The van der Waals surface area contributed by atoms with E-state index in [1.54, 1.807) is 0 Å². The van der Waals surface area contributed by atoms with E-state index in [0.717, 1.165) is 12.3 Å². The predicted molar refractivity (Wildman–Crippen MR) is 51.6 cm³/mol. The predicted octanol–water partition coefficient (Wildman–Crippen LogP) is 1.57. The lowest BCUT2D eigenvalue weighted by Crippen LogP contribution is -2.03. The molecule has 1 aromatic carbocycles. The largest absolute Gasteiger partial charge is 0.398 e. The molecule has 13 heavy (non-hydrogen) atoms. The Balaban J connectivity index is 3.50. The molecule has 0 spiro atoms. The molecule has 0 saturated heterocycles.